The molecule has 1 aromatic rings. The van der Waals surface area contributed by atoms with E-state index in [1.165, 1.54) is 0 Å². The van der Waals surface area contributed by atoms with Gasteiger partial charge in [-0.1, -0.05) is 29.3 Å². The molecule has 3 N–H and O–H groups in total. The Morgan fingerprint density at radius 1 is 1.30 bits per heavy atom. The Balaban J connectivity index is 2.43. The van der Waals surface area contributed by atoms with Crippen LogP contribution in [0.25, 0.3) is 0 Å². The van der Waals surface area contributed by atoms with Gasteiger partial charge in [-0.3, -0.25) is 11.3 Å². The molecule has 0 saturated carbocycles. The lowest BCUT2D eigenvalue weighted by Gasteiger charge is -2.17. The fraction of sp³-hybridized carbons (Fsp3) is 0.500. The summed E-state index contributed by atoms with van der Waals surface area (Å²) < 4.78 is 40.3. The van der Waals surface area contributed by atoms with Gasteiger partial charge in [-0.2, -0.15) is 13.2 Å². The van der Waals surface area contributed by atoms with E-state index in [1.807, 2.05) is 0 Å². The molecule has 0 amide bonds. The molecule has 0 aliphatic rings. The monoisotopic (exact) mass is 330 g/mol. The van der Waals surface area contributed by atoms with Crippen LogP contribution in [-0.4, -0.2) is 25.4 Å². The van der Waals surface area contributed by atoms with Crippen molar-refractivity contribution in [1.29, 1.82) is 0 Å². The standard InChI is InChI=1S/C12H15Cl2F3N2O/c13-9-2-1-8(11(14)6-9)5-10(19-18)3-4-20-7-12(15,16)17/h1-2,6,10,19H,3-5,7,18H2. The van der Waals surface area contributed by atoms with Crippen molar-refractivity contribution in [2.75, 3.05) is 13.2 Å². The number of halogens is 5. The van der Waals surface area contributed by atoms with Crippen LogP contribution >= 0.6 is 23.2 Å². The second kappa shape index (κ2) is 8.05. The van der Waals surface area contributed by atoms with Crippen LogP contribution in [0.2, 0.25) is 10.0 Å². The van der Waals surface area contributed by atoms with Crippen molar-refractivity contribution in [3.05, 3.63) is 33.8 Å². The number of nitrogens with one attached hydrogen (secondary N) is 1. The number of nitrogens with two attached hydrogens (primary N) is 1. The van der Waals surface area contributed by atoms with Crippen molar-refractivity contribution in [1.82, 2.24) is 5.43 Å². The molecule has 3 nitrogen and oxygen atoms in total. The minimum Gasteiger partial charge on any atom is -0.372 e. The summed E-state index contributed by atoms with van der Waals surface area (Å²) in [5.41, 5.74) is 3.35. The van der Waals surface area contributed by atoms with Crippen molar-refractivity contribution in [2.45, 2.75) is 25.1 Å². The van der Waals surface area contributed by atoms with Crippen molar-refractivity contribution in [3.8, 4) is 0 Å². The first-order chi connectivity index (χ1) is 9.31. The summed E-state index contributed by atoms with van der Waals surface area (Å²) in [6, 6.07) is 4.82. The first kappa shape index (κ1) is 17.5. The summed E-state index contributed by atoms with van der Waals surface area (Å²) in [6.45, 7) is -1.30. The Labute approximate surface area is 125 Å². The SMILES string of the molecule is NNC(CCOCC(F)(F)F)Cc1ccc(Cl)cc1Cl. The highest BCUT2D eigenvalue weighted by molar-refractivity contribution is 6.35. The van der Waals surface area contributed by atoms with E-state index in [0.29, 0.717) is 22.9 Å². The third kappa shape index (κ3) is 6.76. The molecule has 1 rings (SSSR count). The lowest BCUT2D eigenvalue weighted by atomic mass is 10.0. The zero-order chi connectivity index (χ0) is 15.2. The highest BCUT2D eigenvalue weighted by Crippen LogP contribution is 2.22. The first-order valence-electron chi connectivity index (χ1n) is 5.86. The van der Waals surface area contributed by atoms with E-state index >= 15 is 0 Å². The van der Waals surface area contributed by atoms with Gasteiger partial charge in [-0.05, 0) is 30.5 Å². The Bertz CT molecular complexity index is 430. The van der Waals surface area contributed by atoms with Crippen LogP contribution in [0.5, 0.6) is 0 Å². The van der Waals surface area contributed by atoms with E-state index in [2.05, 4.69) is 10.2 Å². The summed E-state index contributed by atoms with van der Waals surface area (Å²) in [5.74, 6) is 5.37. The van der Waals surface area contributed by atoms with Crippen molar-refractivity contribution >= 4 is 23.2 Å². The number of hydrogen-bond acceptors (Lipinski definition) is 3. The molecule has 0 aromatic heterocycles. The molecule has 0 saturated heterocycles. The maximum atomic E-state index is 11.9. The van der Waals surface area contributed by atoms with Crippen molar-refractivity contribution in [3.63, 3.8) is 0 Å². The molecule has 0 bridgehead atoms. The average Bonchev–Trinajstić information content (AvgIpc) is 2.34. The molecular formula is C12H15Cl2F3N2O. The summed E-state index contributed by atoms with van der Waals surface area (Å²) in [7, 11) is 0. The predicted octanol–water partition coefficient (Wildman–Crippen LogP) is 3.34. The molecule has 0 aliphatic heterocycles. The van der Waals surface area contributed by atoms with Gasteiger partial charge in [0.2, 0.25) is 0 Å². The van der Waals surface area contributed by atoms with Crippen molar-refractivity contribution in [2.24, 2.45) is 5.84 Å². The van der Waals surface area contributed by atoms with Gasteiger partial charge in [0.05, 0.1) is 0 Å². The molecule has 1 aromatic carbocycles. The van der Waals surface area contributed by atoms with Gasteiger partial charge in [0.25, 0.3) is 0 Å². The van der Waals surface area contributed by atoms with Gasteiger partial charge < -0.3 is 4.74 Å². The maximum Gasteiger partial charge on any atom is 0.411 e. The molecule has 114 valence electrons. The molecule has 8 heteroatoms. The molecule has 0 heterocycles. The largest absolute Gasteiger partial charge is 0.411 e. The number of ether oxygens (including phenoxy) is 1. The Kier molecular flexibility index (Phi) is 7.05. The summed E-state index contributed by atoms with van der Waals surface area (Å²) >= 11 is 11.8. The van der Waals surface area contributed by atoms with E-state index in [1.54, 1.807) is 18.2 Å². The third-order valence-electron chi connectivity index (χ3n) is 2.59. The van der Waals surface area contributed by atoms with Crippen LogP contribution in [0.15, 0.2) is 18.2 Å². The Hall–Kier alpha value is -0.530. The third-order valence-corrected chi connectivity index (χ3v) is 3.18. The van der Waals surface area contributed by atoms with Gasteiger partial charge in [0.15, 0.2) is 0 Å². The van der Waals surface area contributed by atoms with E-state index in [0.717, 1.165) is 5.56 Å². The summed E-state index contributed by atoms with van der Waals surface area (Å²) in [5, 5.41) is 1.01. The Morgan fingerprint density at radius 3 is 2.55 bits per heavy atom. The van der Waals surface area contributed by atoms with E-state index in [4.69, 9.17) is 29.0 Å². The predicted molar refractivity (Wildman–Crippen MR) is 72.8 cm³/mol. The molecule has 1 atom stereocenters. The first-order valence-corrected chi connectivity index (χ1v) is 6.62. The van der Waals surface area contributed by atoms with Crippen LogP contribution in [0.1, 0.15) is 12.0 Å². The van der Waals surface area contributed by atoms with Gasteiger partial charge in [-0.15, -0.1) is 0 Å². The maximum absolute atomic E-state index is 11.9. The topological polar surface area (TPSA) is 47.3 Å². The van der Waals surface area contributed by atoms with Crippen LogP contribution < -0.4 is 11.3 Å². The molecule has 0 radical (unpaired) electrons. The molecule has 0 fully saturated rings. The minimum absolute atomic E-state index is 0.0421. The highest BCUT2D eigenvalue weighted by Gasteiger charge is 2.27. The second-order valence-electron chi connectivity index (χ2n) is 4.26. The van der Waals surface area contributed by atoms with Crippen LogP contribution in [-0.2, 0) is 11.2 Å². The highest BCUT2D eigenvalue weighted by atomic mass is 35.5. The molecule has 0 aliphatic carbocycles. The lowest BCUT2D eigenvalue weighted by Crippen LogP contribution is -2.38. The number of hydrazine groups is 1. The smallest absolute Gasteiger partial charge is 0.372 e. The van der Waals surface area contributed by atoms with Crippen LogP contribution in [0, 0.1) is 0 Å². The summed E-state index contributed by atoms with van der Waals surface area (Å²) in [4.78, 5) is 0. The summed E-state index contributed by atoms with van der Waals surface area (Å²) in [6.07, 6.45) is -3.50. The normalized spacial score (nSPS) is 13.5. The molecule has 1 unspecified atom stereocenters. The molecular weight excluding hydrogens is 316 g/mol. The molecule has 0 spiro atoms. The van der Waals surface area contributed by atoms with Gasteiger partial charge in [0.1, 0.15) is 6.61 Å². The van der Waals surface area contributed by atoms with Crippen molar-refractivity contribution < 1.29 is 17.9 Å². The quantitative estimate of drug-likeness (QED) is 0.458. The Morgan fingerprint density at radius 2 is 2.00 bits per heavy atom. The van der Waals surface area contributed by atoms with Crippen LogP contribution in [0.3, 0.4) is 0 Å². The number of hydrogen-bond donors (Lipinski definition) is 2. The van der Waals surface area contributed by atoms with E-state index < -0.39 is 12.8 Å². The number of alkyl halides is 3. The zero-order valence-electron chi connectivity index (χ0n) is 10.5. The van der Waals surface area contributed by atoms with Gasteiger partial charge in [-0.25, -0.2) is 0 Å². The molecule has 20 heavy (non-hydrogen) atoms. The lowest BCUT2D eigenvalue weighted by molar-refractivity contribution is -0.174. The fourth-order valence-corrected chi connectivity index (χ4v) is 2.10. The fourth-order valence-electron chi connectivity index (χ4n) is 1.61. The second-order valence-corrected chi connectivity index (χ2v) is 5.10. The van der Waals surface area contributed by atoms with Crippen LogP contribution in [0.4, 0.5) is 13.2 Å². The van der Waals surface area contributed by atoms with Gasteiger partial charge >= 0.3 is 6.18 Å². The van der Waals surface area contributed by atoms with Gasteiger partial charge in [0, 0.05) is 22.7 Å². The average molecular weight is 331 g/mol. The minimum atomic E-state index is -4.31. The van der Waals surface area contributed by atoms with E-state index in [-0.39, 0.29) is 12.6 Å². The zero-order valence-corrected chi connectivity index (χ0v) is 12.0. The van der Waals surface area contributed by atoms with E-state index in [9.17, 15) is 13.2 Å². The number of rotatable bonds is 7. The number of benzene rings is 1.